The molecule has 1 aliphatic rings. The molecule has 0 aromatic carbocycles. The van der Waals surface area contributed by atoms with Crippen LogP contribution in [0.2, 0.25) is 0 Å². The minimum absolute atomic E-state index is 0.0300. The summed E-state index contributed by atoms with van der Waals surface area (Å²) >= 11 is 0. The average molecular weight is 265 g/mol. The Labute approximate surface area is 112 Å². The van der Waals surface area contributed by atoms with Crippen LogP contribution in [0.4, 0.5) is 17.3 Å². The third kappa shape index (κ3) is 2.45. The monoisotopic (exact) mass is 265 g/mol. The highest BCUT2D eigenvalue weighted by Gasteiger charge is 2.34. The van der Waals surface area contributed by atoms with Crippen molar-refractivity contribution in [2.45, 2.75) is 32.7 Å². The molecule has 2 rings (SSSR count). The van der Waals surface area contributed by atoms with Crippen molar-refractivity contribution in [1.29, 1.82) is 0 Å². The Morgan fingerprint density at radius 1 is 1.53 bits per heavy atom. The first-order chi connectivity index (χ1) is 9.06. The second-order valence-electron chi connectivity index (χ2n) is 5.05. The molecule has 0 amide bonds. The second kappa shape index (κ2) is 5.38. The van der Waals surface area contributed by atoms with Gasteiger partial charge in [-0.3, -0.25) is 10.1 Å². The first kappa shape index (κ1) is 13.5. The largest absolute Gasteiger partial charge is 0.367 e. The molecule has 1 unspecified atom stereocenters. The highest BCUT2D eigenvalue weighted by atomic mass is 16.6. The van der Waals surface area contributed by atoms with Gasteiger partial charge < -0.3 is 10.2 Å². The second-order valence-corrected chi connectivity index (χ2v) is 5.05. The average Bonchev–Trinajstić information content (AvgIpc) is 2.86. The van der Waals surface area contributed by atoms with Crippen molar-refractivity contribution in [3.8, 4) is 0 Å². The molecule has 0 aliphatic carbocycles. The lowest BCUT2D eigenvalue weighted by molar-refractivity contribution is -0.383. The highest BCUT2D eigenvalue weighted by Crippen LogP contribution is 2.37. The van der Waals surface area contributed by atoms with Crippen LogP contribution in [0.3, 0.4) is 0 Å². The maximum atomic E-state index is 11.3. The first-order valence-electron chi connectivity index (χ1n) is 6.50. The molecular formula is C12H19N5O2. The molecule has 1 aromatic heterocycles. The standard InChI is InChI=1S/C12H19N5O2/c1-8(2)9-5-4-6-16(9)12-10(17(18)19)11(13-3)14-7-15-12/h7-9H,4-6H2,1-3H3,(H,13,14,15). The van der Waals surface area contributed by atoms with Gasteiger partial charge in [-0.25, -0.2) is 9.97 Å². The number of aromatic nitrogens is 2. The van der Waals surface area contributed by atoms with E-state index in [1.165, 1.54) is 6.33 Å². The van der Waals surface area contributed by atoms with Crippen LogP contribution in [0.1, 0.15) is 26.7 Å². The van der Waals surface area contributed by atoms with Gasteiger partial charge in [-0.15, -0.1) is 0 Å². The number of nitrogens with zero attached hydrogens (tertiary/aromatic N) is 4. The van der Waals surface area contributed by atoms with Crippen molar-refractivity contribution in [3.05, 3.63) is 16.4 Å². The summed E-state index contributed by atoms with van der Waals surface area (Å²) in [4.78, 5) is 21.0. The topological polar surface area (TPSA) is 84.2 Å². The zero-order chi connectivity index (χ0) is 14.0. The molecule has 1 saturated heterocycles. The van der Waals surface area contributed by atoms with Crippen LogP contribution in [0.15, 0.2) is 6.33 Å². The third-order valence-electron chi connectivity index (χ3n) is 3.56. The minimum Gasteiger partial charge on any atom is -0.367 e. The lowest BCUT2D eigenvalue weighted by Gasteiger charge is -2.28. The van der Waals surface area contributed by atoms with Crippen LogP contribution in [0.25, 0.3) is 0 Å². The summed E-state index contributed by atoms with van der Waals surface area (Å²) in [6.45, 7) is 5.08. The van der Waals surface area contributed by atoms with E-state index in [1.54, 1.807) is 7.05 Å². The summed E-state index contributed by atoms with van der Waals surface area (Å²) < 4.78 is 0. The molecular weight excluding hydrogens is 246 g/mol. The molecule has 1 aromatic rings. The zero-order valence-corrected chi connectivity index (χ0v) is 11.5. The minimum atomic E-state index is -0.406. The van der Waals surface area contributed by atoms with E-state index in [-0.39, 0.29) is 11.5 Å². The van der Waals surface area contributed by atoms with Crippen molar-refractivity contribution in [3.63, 3.8) is 0 Å². The van der Waals surface area contributed by atoms with Crippen molar-refractivity contribution in [2.24, 2.45) is 5.92 Å². The number of nitrogens with one attached hydrogen (secondary N) is 1. The molecule has 7 heteroatoms. The van der Waals surface area contributed by atoms with Crippen LogP contribution in [0.5, 0.6) is 0 Å². The van der Waals surface area contributed by atoms with E-state index in [0.29, 0.717) is 17.8 Å². The van der Waals surface area contributed by atoms with E-state index >= 15 is 0 Å². The fraction of sp³-hybridized carbons (Fsp3) is 0.667. The van der Waals surface area contributed by atoms with Crippen LogP contribution in [0, 0.1) is 16.0 Å². The van der Waals surface area contributed by atoms with Gasteiger partial charge in [0, 0.05) is 19.6 Å². The summed E-state index contributed by atoms with van der Waals surface area (Å²) in [5, 5.41) is 14.1. The maximum Gasteiger partial charge on any atom is 0.353 e. The summed E-state index contributed by atoms with van der Waals surface area (Å²) in [6.07, 6.45) is 3.47. The van der Waals surface area contributed by atoms with Crippen molar-refractivity contribution >= 4 is 17.3 Å². The Hall–Kier alpha value is -1.92. The Balaban J connectivity index is 2.47. The highest BCUT2D eigenvalue weighted by molar-refractivity contribution is 5.70. The number of anilines is 2. The number of hydrogen-bond donors (Lipinski definition) is 1. The normalized spacial score (nSPS) is 18.9. The van der Waals surface area contributed by atoms with E-state index in [2.05, 4.69) is 29.1 Å². The number of nitro groups is 1. The van der Waals surface area contributed by atoms with E-state index in [1.807, 2.05) is 4.90 Å². The molecule has 0 bridgehead atoms. The maximum absolute atomic E-state index is 11.3. The van der Waals surface area contributed by atoms with Crippen molar-refractivity contribution in [1.82, 2.24) is 9.97 Å². The predicted octanol–water partition coefficient (Wildman–Crippen LogP) is 2.05. The Kier molecular flexibility index (Phi) is 3.82. The predicted molar refractivity (Wildman–Crippen MR) is 73.4 cm³/mol. The number of rotatable bonds is 4. The van der Waals surface area contributed by atoms with E-state index in [9.17, 15) is 10.1 Å². The molecule has 0 saturated carbocycles. The molecule has 1 aliphatic heterocycles. The quantitative estimate of drug-likeness (QED) is 0.662. The van der Waals surface area contributed by atoms with Crippen molar-refractivity contribution < 1.29 is 4.92 Å². The van der Waals surface area contributed by atoms with Gasteiger partial charge in [0.1, 0.15) is 6.33 Å². The Bertz CT molecular complexity index is 477. The molecule has 0 radical (unpaired) electrons. The Morgan fingerprint density at radius 2 is 2.26 bits per heavy atom. The van der Waals surface area contributed by atoms with E-state index in [0.717, 1.165) is 19.4 Å². The van der Waals surface area contributed by atoms with E-state index in [4.69, 9.17) is 0 Å². The van der Waals surface area contributed by atoms with Gasteiger partial charge in [-0.1, -0.05) is 13.8 Å². The van der Waals surface area contributed by atoms with Crippen LogP contribution >= 0.6 is 0 Å². The molecule has 1 atom stereocenters. The molecule has 19 heavy (non-hydrogen) atoms. The summed E-state index contributed by atoms with van der Waals surface area (Å²) in [7, 11) is 1.63. The van der Waals surface area contributed by atoms with Gasteiger partial charge in [0.2, 0.25) is 11.6 Å². The molecule has 1 fully saturated rings. The van der Waals surface area contributed by atoms with Crippen LogP contribution in [-0.2, 0) is 0 Å². The molecule has 7 nitrogen and oxygen atoms in total. The zero-order valence-electron chi connectivity index (χ0n) is 11.5. The Morgan fingerprint density at radius 3 is 2.84 bits per heavy atom. The van der Waals surface area contributed by atoms with Gasteiger partial charge in [-0.05, 0) is 18.8 Å². The van der Waals surface area contributed by atoms with Crippen LogP contribution in [-0.4, -0.2) is 34.5 Å². The molecule has 104 valence electrons. The fourth-order valence-electron chi connectivity index (χ4n) is 2.68. The first-order valence-corrected chi connectivity index (χ1v) is 6.50. The van der Waals surface area contributed by atoms with Gasteiger partial charge in [-0.2, -0.15) is 0 Å². The van der Waals surface area contributed by atoms with Crippen molar-refractivity contribution in [2.75, 3.05) is 23.8 Å². The lowest BCUT2D eigenvalue weighted by atomic mass is 10.0. The molecule has 1 N–H and O–H groups in total. The third-order valence-corrected chi connectivity index (χ3v) is 3.56. The van der Waals surface area contributed by atoms with E-state index < -0.39 is 4.92 Å². The summed E-state index contributed by atoms with van der Waals surface area (Å²) in [6, 6.07) is 0.304. The SMILES string of the molecule is CNc1ncnc(N2CCCC2C(C)C)c1[N+](=O)[O-]. The van der Waals surface area contributed by atoms with Gasteiger partial charge in [0.05, 0.1) is 4.92 Å². The lowest BCUT2D eigenvalue weighted by Crippen LogP contribution is -2.34. The van der Waals surface area contributed by atoms with Gasteiger partial charge >= 0.3 is 5.69 Å². The summed E-state index contributed by atoms with van der Waals surface area (Å²) in [5.41, 5.74) is -0.0300. The van der Waals surface area contributed by atoms with Crippen LogP contribution < -0.4 is 10.2 Å². The molecule has 2 heterocycles. The molecule has 0 spiro atoms. The number of hydrogen-bond acceptors (Lipinski definition) is 6. The smallest absolute Gasteiger partial charge is 0.353 e. The fourth-order valence-corrected chi connectivity index (χ4v) is 2.68. The summed E-state index contributed by atoms with van der Waals surface area (Å²) in [5.74, 6) is 1.14. The van der Waals surface area contributed by atoms with Gasteiger partial charge in [0.25, 0.3) is 0 Å². The van der Waals surface area contributed by atoms with Gasteiger partial charge in [0.15, 0.2) is 0 Å².